The second-order valence-electron chi connectivity index (χ2n) is 12.4. The lowest BCUT2D eigenvalue weighted by Gasteiger charge is -2.35. The fraction of sp³-hybridized carbons (Fsp3) is 0.0952. The molecular weight excluding hydrogens is 532 g/mol. The minimum absolute atomic E-state index is 0.468. The van der Waals surface area contributed by atoms with Crippen molar-refractivity contribution in [3.63, 3.8) is 0 Å². The van der Waals surface area contributed by atoms with E-state index < -0.39 is 0 Å². The highest BCUT2D eigenvalue weighted by Crippen LogP contribution is 2.49. The van der Waals surface area contributed by atoms with Crippen LogP contribution in [0.5, 0.6) is 0 Å². The highest BCUT2D eigenvalue weighted by atomic mass is 15.0. The number of fused-ring (bicyclic) bond motifs is 10. The van der Waals surface area contributed by atoms with Crippen molar-refractivity contribution >= 4 is 60.1 Å². The van der Waals surface area contributed by atoms with Crippen molar-refractivity contribution in [3.05, 3.63) is 156 Å². The molecule has 8 aromatic rings. The molecular formula is C42H30N2. The maximum atomic E-state index is 2.59. The van der Waals surface area contributed by atoms with E-state index in [1.54, 1.807) is 0 Å². The number of rotatable bonds is 2. The normalized spacial score (nSPS) is 16.4. The van der Waals surface area contributed by atoms with Crippen molar-refractivity contribution in [2.75, 3.05) is 0 Å². The molecule has 44 heavy (non-hydrogen) atoms. The van der Waals surface area contributed by atoms with Crippen LogP contribution in [-0.4, -0.2) is 9.13 Å². The third-order valence-corrected chi connectivity index (χ3v) is 10.1. The molecule has 1 atom stereocenters. The van der Waals surface area contributed by atoms with Gasteiger partial charge < -0.3 is 9.13 Å². The Bertz CT molecular complexity index is 2430. The van der Waals surface area contributed by atoms with Crippen molar-refractivity contribution in [1.29, 1.82) is 0 Å². The lowest BCUT2D eigenvalue weighted by molar-refractivity contribution is 0.551. The van der Waals surface area contributed by atoms with Crippen LogP contribution in [0.4, 0.5) is 0 Å². The summed E-state index contributed by atoms with van der Waals surface area (Å²) in [4.78, 5) is 0. The molecule has 2 aromatic heterocycles. The molecule has 0 radical (unpaired) electrons. The van der Waals surface area contributed by atoms with Crippen LogP contribution in [0.15, 0.2) is 145 Å². The minimum Gasteiger partial charge on any atom is -0.309 e. The standard InChI is InChI=1S/C42H30N2/c1-3-15-29-28(14-1)26-40(43-36-21-9-5-17-31(36)32-18-6-10-22-37(32)43)35-25-27-13-2-4-16-30(27)42(41(29)35)44-38-23-11-7-19-33(38)34-20-8-12-24-39(34)44/h1,3-12,14-24,26-27H,2,13,25H2. The second-order valence-corrected chi connectivity index (χ2v) is 12.4. The average molecular weight is 563 g/mol. The molecule has 2 nitrogen and oxygen atoms in total. The molecule has 0 spiro atoms. The summed E-state index contributed by atoms with van der Waals surface area (Å²) in [6.07, 6.45) is 8.17. The second kappa shape index (κ2) is 9.08. The molecule has 2 aliphatic carbocycles. The first kappa shape index (κ1) is 24.1. The Balaban J connectivity index is 1.41. The number of allylic oxidation sites excluding steroid dienone is 3. The van der Waals surface area contributed by atoms with Crippen molar-refractivity contribution in [2.24, 2.45) is 5.92 Å². The molecule has 0 aliphatic heterocycles. The van der Waals surface area contributed by atoms with Crippen LogP contribution in [0.1, 0.15) is 24.0 Å². The quantitative estimate of drug-likeness (QED) is 0.198. The molecule has 0 N–H and O–H groups in total. The summed E-state index contributed by atoms with van der Waals surface area (Å²) in [6, 6.07) is 47.2. The number of benzene rings is 6. The maximum absolute atomic E-state index is 2.59. The van der Waals surface area contributed by atoms with E-state index in [1.165, 1.54) is 88.9 Å². The minimum atomic E-state index is 0.468. The number of hydrogen-bond donors (Lipinski definition) is 0. The van der Waals surface area contributed by atoms with Gasteiger partial charge in [-0.2, -0.15) is 0 Å². The van der Waals surface area contributed by atoms with Gasteiger partial charge in [-0.3, -0.25) is 0 Å². The van der Waals surface area contributed by atoms with Gasteiger partial charge in [0, 0.05) is 27.1 Å². The molecule has 6 aromatic carbocycles. The molecule has 0 bridgehead atoms. The van der Waals surface area contributed by atoms with E-state index in [0.29, 0.717) is 5.92 Å². The van der Waals surface area contributed by atoms with E-state index in [9.17, 15) is 0 Å². The predicted molar refractivity (Wildman–Crippen MR) is 186 cm³/mol. The summed E-state index contributed by atoms with van der Waals surface area (Å²) in [6.45, 7) is 0. The SMILES string of the molecule is C1=CC2=C(n3c4ccccc4c4ccccc43)c3c(c(-n4c5ccccc5c5ccccc54)cc4ccccc34)CC2CC1. The maximum Gasteiger partial charge on any atom is 0.0579 e. The van der Waals surface area contributed by atoms with Gasteiger partial charge in [0.25, 0.3) is 0 Å². The molecule has 2 heterocycles. The largest absolute Gasteiger partial charge is 0.309 e. The van der Waals surface area contributed by atoms with Gasteiger partial charge in [-0.25, -0.2) is 0 Å². The van der Waals surface area contributed by atoms with Crippen LogP contribution in [-0.2, 0) is 6.42 Å². The van der Waals surface area contributed by atoms with Crippen LogP contribution >= 0.6 is 0 Å². The third kappa shape index (κ3) is 3.20. The smallest absolute Gasteiger partial charge is 0.0579 e. The summed E-state index contributed by atoms with van der Waals surface area (Å²) >= 11 is 0. The highest BCUT2D eigenvalue weighted by molar-refractivity contribution is 6.13. The summed E-state index contributed by atoms with van der Waals surface area (Å²) in [5, 5.41) is 7.83. The molecule has 0 fully saturated rings. The molecule has 1 unspecified atom stereocenters. The summed E-state index contributed by atoms with van der Waals surface area (Å²) in [5.74, 6) is 0.468. The van der Waals surface area contributed by atoms with E-state index in [2.05, 4.69) is 149 Å². The molecule has 0 amide bonds. The van der Waals surface area contributed by atoms with Crippen LogP contribution in [0.2, 0.25) is 0 Å². The lowest BCUT2D eigenvalue weighted by Crippen LogP contribution is -2.22. The van der Waals surface area contributed by atoms with Crippen LogP contribution in [0.3, 0.4) is 0 Å². The number of para-hydroxylation sites is 4. The Hall–Kier alpha value is -5.34. The number of hydrogen-bond acceptors (Lipinski definition) is 0. The van der Waals surface area contributed by atoms with Gasteiger partial charge >= 0.3 is 0 Å². The Morgan fingerprint density at radius 1 is 0.523 bits per heavy atom. The number of aromatic nitrogens is 2. The Morgan fingerprint density at radius 3 is 1.61 bits per heavy atom. The van der Waals surface area contributed by atoms with Crippen molar-refractivity contribution in [3.8, 4) is 5.69 Å². The zero-order valence-corrected chi connectivity index (χ0v) is 24.4. The van der Waals surface area contributed by atoms with E-state index >= 15 is 0 Å². The molecule has 208 valence electrons. The predicted octanol–water partition coefficient (Wildman–Crippen LogP) is 10.8. The first-order valence-electron chi connectivity index (χ1n) is 15.8. The molecule has 10 rings (SSSR count). The van der Waals surface area contributed by atoms with Crippen molar-refractivity contribution in [1.82, 2.24) is 9.13 Å². The van der Waals surface area contributed by atoms with Gasteiger partial charge in [0.2, 0.25) is 0 Å². The Kier molecular flexibility index (Phi) is 4.98. The first-order chi connectivity index (χ1) is 21.9. The summed E-state index contributed by atoms with van der Waals surface area (Å²) in [5.41, 5.74) is 12.0. The van der Waals surface area contributed by atoms with Gasteiger partial charge in [0.1, 0.15) is 0 Å². The molecule has 0 saturated heterocycles. The molecule has 0 saturated carbocycles. The van der Waals surface area contributed by atoms with Crippen LogP contribution < -0.4 is 0 Å². The van der Waals surface area contributed by atoms with Gasteiger partial charge in [-0.1, -0.05) is 109 Å². The summed E-state index contributed by atoms with van der Waals surface area (Å²) in [7, 11) is 0. The molecule has 2 heteroatoms. The van der Waals surface area contributed by atoms with E-state index in [0.717, 1.165) is 12.8 Å². The summed E-state index contributed by atoms with van der Waals surface area (Å²) < 4.78 is 5.13. The molecule has 2 aliphatic rings. The van der Waals surface area contributed by atoms with Crippen molar-refractivity contribution in [2.45, 2.75) is 19.3 Å². The van der Waals surface area contributed by atoms with E-state index in [1.807, 2.05) is 0 Å². The zero-order valence-electron chi connectivity index (χ0n) is 24.4. The van der Waals surface area contributed by atoms with Crippen molar-refractivity contribution < 1.29 is 0 Å². The zero-order chi connectivity index (χ0) is 28.8. The Labute approximate surface area is 255 Å². The average Bonchev–Trinajstić information content (AvgIpc) is 3.60. The van der Waals surface area contributed by atoms with E-state index in [-0.39, 0.29) is 0 Å². The fourth-order valence-corrected chi connectivity index (χ4v) is 8.31. The van der Waals surface area contributed by atoms with Gasteiger partial charge in [0.05, 0.1) is 33.5 Å². The van der Waals surface area contributed by atoms with E-state index in [4.69, 9.17) is 0 Å². The lowest BCUT2D eigenvalue weighted by atomic mass is 9.74. The van der Waals surface area contributed by atoms with Crippen LogP contribution in [0, 0.1) is 5.92 Å². The Morgan fingerprint density at radius 2 is 1.02 bits per heavy atom. The van der Waals surface area contributed by atoms with Crippen LogP contribution in [0.25, 0.3) is 65.8 Å². The highest BCUT2D eigenvalue weighted by Gasteiger charge is 2.33. The monoisotopic (exact) mass is 562 g/mol. The topological polar surface area (TPSA) is 9.86 Å². The van der Waals surface area contributed by atoms with Gasteiger partial charge in [-0.05, 0) is 77.4 Å². The van der Waals surface area contributed by atoms with Gasteiger partial charge in [-0.15, -0.1) is 0 Å². The number of nitrogens with zero attached hydrogens (tertiary/aromatic N) is 2. The first-order valence-corrected chi connectivity index (χ1v) is 15.8. The fourth-order valence-electron chi connectivity index (χ4n) is 8.31. The third-order valence-electron chi connectivity index (χ3n) is 10.1. The van der Waals surface area contributed by atoms with Gasteiger partial charge in [0.15, 0.2) is 0 Å².